The molecule has 2 rings (SSSR count). The first-order chi connectivity index (χ1) is 10.9. The maximum Gasteiger partial charge on any atom is 0.00892 e. The van der Waals surface area contributed by atoms with Crippen molar-refractivity contribution in [3.63, 3.8) is 0 Å². The highest BCUT2D eigenvalue weighted by molar-refractivity contribution is 5.32. The SMILES string of the molecule is CC.CC.CC.CCCC(c1ccccc1)c1ccccc1. The van der Waals surface area contributed by atoms with Gasteiger partial charge < -0.3 is 0 Å². The maximum atomic E-state index is 2.25. The summed E-state index contributed by atoms with van der Waals surface area (Å²) < 4.78 is 0. The third-order valence-corrected chi connectivity index (χ3v) is 2.98. The van der Waals surface area contributed by atoms with Gasteiger partial charge in [-0.2, -0.15) is 0 Å². The molecule has 0 heterocycles. The second-order valence-electron chi connectivity index (χ2n) is 4.16. The summed E-state index contributed by atoms with van der Waals surface area (Å²) >= 11 is 0. The molecule has 0 aliphatic heterocycles. The van der Waals surface area contributed by atoms with Crippen LogP contribution in [0, 0.1) is 0 Å². The fourth-order valence-electron chi connectivity index (χ4n) is 2.19. The largest absolute Gasteiger partial charge is 0.0683 e. The van der Waals surface area contributed by atoms with Crippen LogP contribution in [0.3, 0.4) is 0 Å². The molecule has 22 heavy (non-hydrogen) atoms. The second kappa shape index (κ2) is 17.5. The van der Waals surface area contributed by atoms with Crippen molar-refractivity contribution in [2.24, 2.45) is 0 Å². The fraction of sp³-hybridized carbons (Fsp3) is 0.455. The van der Waals surface area contributed by atoms with Gasteiger partial charge in [0.15, 0.2) is 0 Å². The summed E-state index contributed by atoms with van der Waals surface area (Å²) in [5, 5.41) is 0. The molecule has 0 aromatic heterocycles. The minimum Gasteiger partial charge on any atom is -0.0683 e. The Balaban J connectivity index is 0. The molecule has 0 bridgehead atoms. The molecule has 0 amide bonds. The summed E-state index contributed by atoms with van der Waals surface area (Å²) in [5.74, 6) is 0.549. The van der Waals surface area contributed by atoms with Crippen LogP contribution in [0.25, 0.3) is 0 Å². The van der Waals surface area contributed by atoms with Crippen molar-refractivity contribution in [3.05, 3.63) is 71.8 Å². The van der Waals surface area contributed by atoms with Crippen LogP contribution in [-0.2, 0) is 0 Å². The van der Waals surface area contributed by atoms with Gasteiger partial charge in [0.05, 0.1) is 0 Å². The van der Waals surface area contributed by atoms with E-state index in [2.05, 4.69) is 67.6 Å². The van der Waals surface area contributed by atoms with Crippen LogP contribution in [0.15, 0.2) is 60.7 Å². The van der Waals surface area contributed by atoms with Crippen molar-refractivity contribution >= 4 is 0 Å². The number of rotatable bonds is 4. The summed E-state index contributed by atoms with van der Waals surface area (Å²) in [6.45, 7) is 14.2. The van der Waals surface area contributed by atoms with Crippen molar-refractivity contribution in [3.8, 4) is 0 Å². The Morgan fingerprint density at radius 3 is 1.18 bits per heavy atom. The molecule has 0 saturated heterocycles. The van der Waals surface area contributed by atoms with Gasteiger partial charge in [0.25, 0.3) is 0 Å². The lowest BCUT2D eigenvalue weighted by atomic mass is 9.88. The zero-order chi connectivity index (χ0) is 17.2. The average Bonchev–Trinajstić information content (AvgIpc) is 2.66. The highest BCUT2D eigenvalue weighted by Gasteiger charge is 2.11. The van der Waals surface area contributed by atoms with E-state index in [1.807, 2.05) is 41.5 Å². The van der Waals surface area contributed by atoms with Crippen LogP contribution in [0.1, 0.15) is 78.4 Å². The number of hydrogen-bond acceptors (Lipinski definition) is 0. The molecule has 0 radical (unpaired) electrons. The van der Waals surface area contributed by atoms with E-state index in [0.717, 1.165) is 0 Å². The predicted octanol–water partition coefficient (Wildman–Crippen LogP) is 7.70. The Bertz CT molecular complexity index is 363. The lowest BCUT2D eigenvalue weighted by Gasteiger charge is -2.17. The molecule has 0 saturated carbocycles. The zero-order valence-corrected chi connectivity index (χ0v) is 15.8. The first-order valence-electron chi connectivity index (χ1n) is 9.01. The summed E-state index contributed by atoms with van der Waals surface area (Å²) in [6.07, 6.45) is 2.43. The smallest absolute Gasteiger partial charge is 0.00892 e. The zero-order valence-electron chi connectivity index (χ0n) is 15.8. The lowest BCUT2D eigenvalue weighted by molar-refractivity contribution is 0.698. The summed E-state index contributed by atoms with van der Waals surface area (Å²) in [5.41, 5.74) is 2.85. The molecule has 0 heteroatoms. The van der Waals surface area contributed by atoms with E-state index in [9.17, 15) is 0 Å². The van der Waals surface area contributed by atoms with Crippen LogP contribution < -0.4 is 0 Å². The monoisotopic (exact) mass is 300 g/mol. The van der Waals surface area contributed by atoms with E-state index in [1.54, 1.807) is 0 Å². The van der Waals surface area contributed by atoms with Crippen molar-refractivity contribution in [1.29, 1.82) is 0 Å². The van der Waals surface area contributed by atoms with Gasteiger partial charge in [-0.3, -0.25) is 0 Å². The first kappa shape index (κ1) is 22.7. The third kappa shape index (κ3) is 8.67. The Labute approximate surface area is 139 Å². The lowest BCUT2D eigenvalue weighted by Crippen LogP contribution is -2.00. The van der Waals surface area contributed by atoms with Gasteiger partial charge in [-0.1, -0.05) is 116 Å². The summed E-state index contributed by atoms with van der Waals surface area (Å²) in [6, 6.07) is 21.6. The molecule has 0 atom stereocenters. The average molecular weight is 301 g/mol. The van der Waals surface area contributed by atoms with Crippen molar-refractivity contribution < 1.29 is 0 Å². The molecule has 0 unspecified atom stereocenters. The summed E-state index contributed by atoms with van der Waals surface area (Å²) in [4.78, 5) is 0. The van der Waals surface area contributed by atoms with Crippen LogP contribution in [-0.4, -0.2) is 0 Å². The Morgan fingerprint density at radius 2 is 0.909 bits per heavy atom. The van der Waals surface area contributed by atoms with Gasteiger partial charge in [0.2, 0.25) is 0 Å². The Hall–Kier alpha value is -1.56. The van der Waals surface area contributed by atoms with E-state index in [-0.39, 0.29) is 0 Å². The van der Waals surface area contributed by atoms with Gasteiger partial charge in [-0.05, 0) is 17.5 Å². The van der Waals surface area contributed by atoms with E-state index in [4.69, 9.17) is 0 Å². The Kier molecular flexibility index (Phi) is 18.1. The molecule has 0 spiro atoms. The molecular weight excluding hydrogens is 264 g/mol. The van der Waals surface area contributed by atoms with E-state index in [1.165, 1.54) is 24.0 Å². The molecule has 2 aromatic carbocycles. The van der Waals surface area contributed by atoms with Gasteiger partial charge in [0.1, 0.15) is 0 Å². The molecule has 0 fully saturated rings. The van der Waals surface area contributed by atoms with Crippen LogP contribution in [0.4, 0.5) is 0 Å². The van der Waals surface area contributed by atoms with Gasteiger partial charge in [0, 0.05) is 5.92 Å². The fourth-order valence-corrected chi connectivity index (χ4v) is 2.19. The molecule has 124 valence electrons. The molecule has 0 nitrogen and oxygen atoms in total. The molecule has 0 aliphatic carbocycles. The topological polar surface area (TPSA) is 0 Å². The van der Waals surface area contributed by atoms with Crippen LogP contribution in [0.5, 0.6) is 0 Å². The highest BCUT2D eigenvalue weighted by Crippen LogP contribution is 2.28. The van der Waals surface area contributed by atoms with Crippen LogP contribution in [0.2, 0.25) is 0 Å². The first-order valence-corrected chi connectivity index (χ1v) is 9.01. The minimum absolute atomic E-state index is 0.549. The van der Waals surface area contributed by atoms with Crippen molar-refractivity contribution in [2.45, 2.75) is 67.2 Å². The van der Waals surface area contributed by atoms with Crippen LogP contribution >= 0.6 is 0 Å². The van der Waals surface area contributed by atoms with E-state index in [0.29, 0.717) is 5.92 Å². The number of hydrogen-bond donors (Lipinski definition) is 0. The normalized spacial score (nSPS) is 8.55. The van der Waals surface area contributed by atoms with Gasteiger partial charge in [-0.15, -0.1) is 0 Å². The van der Waals surface area contributed by atoms with Gasteiger partial charge >= 0.3 is 0 Å². The summed E-state index contributed by atoms with van der Waals surface area (Å²) in [7, 11) is 0. The van der Waals surface area contributed by atoms with E-state index < -0.39 is 0 Å². The Morgan fingerprint density at radius 1 is 0.591 bits per heavy atom. The van der Waals surface area contributed by atoms with Gasteiger partial charge in [-0.25, -0.2) is 0 Å². The quantitative estimate of drug-likeness (QED) is 0.542. The molecule has 0 aliphatic rings. The third-order valence-electron chi connectivity index (χ3n) is 2.98. The molecule has 0 N–H and O–H groups in total. The second-order valence-corrected chi connectivity index (χ2v) is 4.16. The molecular formula is C22H36. The number of benzene rings is 2. The predicted molar refractivity (Wildman–Crippen MR) is 104 cm³/mol. The van der Waals surface area contributed by atoms with Crippen molar-refractivity contribution in [1.82, 2.24) is 0 Å². The highest BCUT2D eigenvalue weighted by atomic mass is 14.2. The van der Waals surface area contributed by atoms with Crippen molar-refractivity contribution in [2.75, 3.05) is 0 Å². The minimum atomic E-state index is 0.549. The standard InChI is InChI=1S/C16H18.3C2H6/c1-2-9-16(14-10-5-3-6-11-14)15-12-7-4-8-13-15;3*1-2/h3-8,10-13,16H,2,9H2,1H3;3*1-2H3. The van der Waals surface area contributed by atoms with E-state index >= 15 is 0 Å². The molecule has 2 aromatic rings. The maximum absolute atomic E-state index is 2.25.